The molecule has 0 aromatic heterocycles. The van der Waals surface area contributed by atoms with E-state index in [0.29, 0.717) is 25.6 Å². The molecule has 2 rings (SSSR count). The Labute approximate surface area is 183 Å². The minimum Gasteiger partial charge on any atom is -0.376 e. The van der Waals surface area contributed by atoms with Crippen molar-refractivity contribution < 1.29 is 23.1 Å². The average molecular weight is 438 g/mol. The number of allylic oxidation sites excluding steroid dienone is 4. The molecule has 1 atom stereocenters. The smallest absolute Gasteiger partial charge is 0.376 e. The Morgan fingerprint density at radius 3 is 2.16 bits per heavy atom. The molecule has 6 heteroatoms. The molecule has 1 fully saturated rings. The first kappa shape index (κ1) is 25.2. The van der Waals surface area contributed by atoms with E-state index in [2.05, 4.69) is 39.0 Å². The number of alkyl halides is 3. The SMILES string of the molecule is CC/C=C\C/C(=C\CC)C1(C)CCN(C(=O)c2ccc(C(C)(O)C(F)(F)F)cc2)CC1. The monoisotopic (exact) mass is 437 g/mol. The number of hydrogen-bond acceptors (Lipinski definition) is 2. The first-order chi connectivity index (χ1) is 14.5. The maximum atomic E-state index is 13.0. The zero-order valence-corrected chi connectivity index (χ0v) is 18.9. The lowest BCUT2D eigenvalue weighted by Crippen LogP contribution is -2.43. The summed E-state index contributed by atoms with van der Waals surface area (Å²) in [4.78, 5) is 14.7. The number of rotatable bonds is 7. The van der Waals surface area contributed by atoms with E-state index in [1.54, 1.807) is 4.90 Å². The van der Waals surface area contributed by atoms with Gasteiger partial charge in [0.15, 0.2) is 5.60 Å². The number of hydrogen-bond donors (Lipinski definition) is 1. The minimum atomic E-state index is -4.79. The van der Waals surface area contributed by atoms with Crippen LogP contribution in [0, 0.1) is 5.41 Å². The van der Waals surface area contributed by atoms with Crippen molar-refractivity contribution in [2.75, 3.05) is 13.1 Å². The summed E-state index contributed by atoms with van der Waals surface area (Å²) in [5, 5.41) is 9.80. The van der Waals surface area contributed by atoms with E-state index in [9.17, 15) is 23.1 Å². The molecule has 0 spiro atoms. The molecule has 1 aliphatic heterocycles. The summed E-state index contributed by atoms with van der Waals surface area (Å²) in [6.45, 7) is 8.43. The molecule has 1 heterocycles. The van der Waals surface area contributed by atoms with Gasteiger partial charge in [-0.3, -0.25) is 4.79 Å². The lowest BCUT2D eigenvalue weighted by atomic mass is 9.72. The van der Waals surface area contributed by atoms with Crippen LogP contribution in [-0.2, 0) is 5.60 Å². The number of carbonyl (C=O) groups is 1. The zero-order chi connectivity index (χ0) is 23.3. The van der Waals surface area contributed by atoms with Crippen LogP contribution in [0.2, 0.25) is 0 Å². The van der Waals surface area contributed by atoms with Crippen molar-refractivity contribution in [3.8, 4) is 0 Å². The standard InChI is InChI=1S/C25H34F3NO2/c1-5-7-8-10-20(9-6-2)23(3)15-17-29(18-16-23)22(30)19-11-13-21(14-12-19)24(4,31)25(26,27)28/h7-9,11-14,31H,5-6,10,15-18H2,1-4H3/b8-7-,20-9+. The highest BCUT2D eigenvalue weighted by atomic mass is 19.4. The minimum absolute atomic E-state index is 0.0418. The number of piperidine rings is 1. The van der Waals surface area contributed by atoms with Gasteiger partial charge >= 0.3 is 6.18 Å². The van der Waals surface area contributed by atoms with Crippen molar-refractivity contribution in [1.29, 1.82) is 0 Å². The van der Waals surface area contributed by atoms with Gasteiger partial charge in [-0.1, -0.05) is 56.7 Å². The van der Waals surface area contributed by atoms with Crippen molar-refractivity contribution in [2.45, 2.75) is 71.6 Å². The highest BCUT2D eigenvalue weighted by Crippen LogP contribution is 2.41. The molecule has 1 aromatic carbocycles. The third-order valence-electron chi connectivity index (χ3n) is 6.37. The summed E-state index contributed by atoms with van der Waals surface area (Å²) in [6, 6.07) is 5.08. The van der Waals surface area contributed by atoms with E-state index in [1.807, 2.05) is 0 Å². The van der Waals surface area contributed by atoms with Crippen molar-refractivity contribution in [1.82, 2.24) is 4.90 Å². The third-order valence-corrected chi connectivity index (χ3v) is 6.37. The van der Waals surface area contributed by atoms with Crippen molar-refractivity contribution in [3.05, 3.63) is 59.2 Å². The first-order valence-electron chi connectivity index (χ1n) is 11.0. The van der Waals surface area contributed by atoms with Gasteiger partial charge in [0.25, 0.3) is 5.91 Å². The van der Waals surface area contributed by atoms with Gasteiger partial charge in [-0.2, -0.15) is 13.2 Å². The molecular weight excluding hydrogens is 403 g/mol. The Morgan fingerprint density at radius 2 is 1.68 bits per heavy atom. The highest BCUT2D eigenvalue weighted by molar-refractivity contribution is 5.94. The predicted molar refractivity (Wildman–Crippen MR) is 118 cm³/mol. The van der Waals surface area contributed by atoms with Gasteiger partial charge in [-0.15, -0.1) is 0 Å². The molecule has 1 N–H and O–H groups in total. The molecule has 3 nitrogen and oxygen atoms in total. The van der Waals surface area contributed by atoms with E-state index < -0.39 is 11.8 Å². The van der Waals surface area contributed by atoms with Gasteiger partial charge in [-0.05, 0) is 62.1 Å². The van der Waals surface area contributed by atoms with Gasteiger partial charge in [0.05, 0.1) is 0 Å². The van der Waals surface area contributed by atoms with Crippen LogP contribution < -0.4 is 0 Å². The van der Waals surface area contributed by atoms with Crippen molar-refractivity contribution in [2.24, 2.45) is 5.41 Å². The van der Waals surface area contributed by atoms with Crippen LogP contribution in [0.3, 0.4) is 0 Å². The molecule has 172 valence electrons. The molecule has 31 heavy (non-hydrogen) atoms. The average Bonchev–Trinajstić information content (AvgIpc) is 2.72. The number of nitrogens with zero attached hydrogens (tertiary/aromatic N) is 1. The Hall–Kier alpha value is -2.08. The molecular formula is C25H34F3NO2. The van der Waals surface area contributed by atoms with Gasteiger partial charge in [0.1, 0.15) is 0 Å². The van der Waals surface area contributed by atoms with E-state index in [4.69, 9.17) is 0 Å². The Kier molecular flexibility index (Phi) is 8.15. The number of likely N-dealkylation sites (tertiary alicyclic amines) is 1. The number of halogens is 3. The normalized spacial score (nSPS) is 19.5. The van der Waals surface area contributed by atoms with Gasteiger partial charge in [-0.25, -0.2) is 0 Å². The van der Waals surface area contributed by atoms with Crippen LogP contribution >= 0.6 is 0 Å². The molecule has 0 aliphatic carbocycles. The molecule has 0 saturated carbocycles. The summed E-state index contributed by atoms with van der Waals surface area (Å²) >= 11 is 0. The zero-order valence-electron chi connectivity index (χ0n) is 18.9. The second-order valence-corrected chi connectivity index (χ2v) is 8.72. The molecule has 0 bridgehead atoms. The summed E-state index contributed by atoms with van der Waals surface area (Å²) in [5.41, 5.74) is -1.45. The van der Waals surface area contributed by atoms with Crippen LogP contribution in [0.5, 0.6) is 0 Å². The number of benzene rings is 1. The Balaban J connectivity index is 2.08. The topological polar surface area (TPSA) is 40.5 Å². The van der Waals surface area contributed by atoms with E-state index in [1.165, 1.54) is 29.8 Å². The summed E-state index contributed by atoms with van der Waals surface area (Å²) < 4.78 is 39.1. The Bertz CT molecular complexity index is 799. The molecule has 1 aliphatic rings. The van der Waals surface area contributed by atoms with Crippen LogP contribution in [0.25, 0.3) is 0 Å². The fraction of sp³-hybridized carbons (Fsp3) is 0.560. The summed E-state index contributed by atoms with van der Waals surface area (Å²) in [6.07, 6.45) is 6.50. The number of carbonyl (C=O) groups excluding carboxylic acids is 1. The summed E-state index contributed by atoms with van der Waals surface area (Å²) in [5.74, 6) is -0.188. The van der Waals surface area contributed by atoms with Crippen molar-refractivity contribution >= 4 is 5.91 Å². The third kappa shape index (κ3) is 5.79. The molecule has 1 saturated heterocycles. The molecule has 1 amide bonds. The number of amides is 1. The second kappa shape index (κ2) is 10.0. The molecule has 1 unspecified atom stereocenters. The fourth-order valence-electron chi connectivity index (χ4n) is 4.01. The lowest BCUT2D eigenvalue weighted by Gasteiger charge is -2.41. The summed E-state index contributed by atoms with van der Waals surface area (Å²) in [7, 11) is 0. The maximum Gasteiger partial charge on any atom is 0.421 e. The quantitative estimate of drug-likeness (QED) is 0.502. The van der Waals surface area contributed by atoms with Crippen molar-refractivity contribution in [3.63, 3.8) is 0 Å². The van der Waals surface area contributed by atoms with Gasteiger partial charge < -0.3 is 10.0 Å². The largest absolute Gasteiger partial charge is 0.421 e. The lowest BCUT2D eigenvalue weighted by molar-refractivity contribution is -0.258. The molecule has 0 radical (unpaired) electrons. The number of aliphatic hydroxyl groups is 1. The van der Waals surface area contributed by atoms with Crippen LogP contribution in [0.15, 0.2) is 48.1 Å². The maximum absolute atomic E-state index is 13.0. The van der Waals surface area contributed by atoms with Crippen LogP contribution in [0.4, 0.5) is 13.2 Å². The van der Waals surface area contributed by atoms with Crippen LogP contribution in [-0.4, -0.2) is 35.2 Å². The Morgan fingerprint density at radius 1 is 1.10 bits per heavy atom. The van der Waals surface area contributed by atoms with Crippen LogP contribution in [0.1, 0.15) is 75.7 Å². The fourth-order valence-corrected chi connectivity index (χ4v) is 4.01. The van der Waals surface area contributed by atoms with E-state index >= 15 is 0 Å². The second-order valence-electron chi connectivity index (χ2n) is 8.72. The van der Waals surface area contributed by atoms with Gasteiger partial charge in [0.2, 0.25) is 0 Å². The molecule has 1 aromatic rings. The highest BCUT2D eigenvalue weighted by Gasteiger charge is 2.51. The van der Waals surface area contributed by atoms with E-state index in [0.717, 1.165) is 32.1 Å². The van der Waals surface area contributed by atoms with E-state index in [-0.39, 0.29) is 16.9 Å². The van der Waals surface area contributed by atoms with Gasteiger partial charge in [0, 0.05) is 18.7 Å². The first-order valence-corrected chi connectivity index (χ1v) is 11.0. The predicted octanol–water partition coefficient (Wildman–Crippen LogP) is 6.39.